The van der Waals surface area contributed by atoms with Crippen LogP contribution in [0.5, 0.6) is 0 Å². The molecule has 2 fully saturated rings. The Labute approximate surface area is 243 Å². The number of likely N-dealkylation sites (tertiary alicyclic amines) is 1. The molecule has 15 heteroatoms. The van der Waals surface area contributed by atoms with E-state index in [0.717, 1.165) is 11.0 Å². The molecule has 2 N–H and O–H groups in total. The van der Waals surface area contributed by atoms with E-state index in [9.17, 15) is 26.7 Å². The van der Waals surface area contributed by atoms with Gasteiger partial charge < -0.3 is 24.6 Å². The fraction of sp³-hybridized carbons (Fsp3) is 0.500. The molecule has 230 valence electrons. The zero-order valence-electron chi connectivity index (χ0n) is 23.3. The molecule has 2 aliphatic rings. The van der Waals surface area contributed by atoms with Crippen LogP contribution < -0.4 is 10.6 Å². The molecule has 43 heavy (non-hydrogen) atoms. The molecular formula is C28H31F5N8O2. The number of fused-ring (bicyclic) bond motifs is 1. The summed E-state index contributed by atoms with van der Waals surface area (Å²) in [4.78, 5) is 18.8. The number of nitrogens with one attached hydrogen (secondary N) is 2. The Morgan fingerprint density at radius 3 is 2.74 bits per heavy atom. The fourth-order valence-electron chi connectivity index (χ4n) is 5.88. The molecule has 6 rings (SSSR count). The van der Waals surface area contributed by atoms with Gasteiger partial charge in [-0.3, -0.25) is 9.48 Å². The van der Waals surface area contributed by atoms with Crippen LogP contribution in [0.15, 0.2) is 41.2 Å². The fourth-order valence-corrected chi connectivity index (χ4v) is 5.88. The summed E-state index contributed by atoms with van der Waals surface area (Å²) in [5.74, 6) is -0.619. The molecule has 1 aromatic carbocycles. The molecule has 0 radical (unpaired) electrons. The molecule has 10 nitrogen and oxygen atoms in total. The number of carbonyl (C=O) groups is 1. The van der Waals surface area contributed by atoms with Crippen LogP contribution in [0.25, 0.3) is 22.4 Å². The summed E-state index contributed by atoms with van der Waals surface area (Å²) >= 11 is 0. The van der Waals surface area contributed by atoms with Crippen LogP contribution in [-0.2, 0) is 13.1 Å². The van der Waals surface area contributed by atoms with Gasteiger partial charge in [-0.2, -0.15) is 23.3 Å². The van der Waals surface area contributed by atoms with E-state index in [-0.39, 0.29) is 41.6 Å². The van der Waals surface area contributed by atoms with Crippen LogP contribution in [0.1, 0.15) is 48.0 Å². The topological polar surface area (TPSA) is 106 Å². The first-order valence-corrected chi connectivity index (χ1v) is 14.1. The molecule has 1 aliphatic carbocycles. The standard InChI is InChI=1S/C28H31F5N8O2/c1-39-9-8-21(19(30)14-39)36-20-5-3-6-22-17(20)10-24(40(22)15-28(31,32)33)26-37-25(43-38-26)12-34-27(42)16-11-35-41(13-16)23-7-2-4-18(23)29/h3,5-6,10-11,13,18-19,21,23,36H,2,4,7-9,12,14-15H2,1H3,(H,34,42)/t18-,19-,21+,23-/m0/s1. The number of piperidine rings is 1. The molecule has 0 spiro atoms. The number of hydrogen-bond donors (Lipinski definition) is 2. The number of aromatic nitrogens is 5. The molecule has 1 saturated carbocycles. The molecule has 1 aliphatic heterocycles. The first kappa shape index (κ1) is 29.1. The lowest BCUT2D eigenvalue weighted by molar-refractivity contribution is -0.139. The van der Waals surface area contributed by atoms with E-state index in [1.165, 1.54) is 23.1 Å². The molecule has 3 aromatic heterocycles. The highest BCUT2D eigenvalue weighted by atomic mass is 19.4. The van der Waals surface area contributed by atoms with Crippen molar-refractivity contribution >= 4 is 22.5 Å². The molecule has 0 bridgehead atoms. The summed E-state index contributed by atoms with van der Waals surface area (Å²) in [6.07, 6.45) is -1.47. The van der Waals surface area contributed by atoms with Crippen molar-refractivity contribution in [1.82, 2.24) is 34.7 Å². The Balaban J connectivity index is 1.22. The summed E-state index contributed by atoms with van der Waals surface area (Å²) in [5.41, 5.74) is 1.06. The van der Waals surface area contributed by atoms with Crippen molar-refractivity contribution in [3.05, 3.63) is 48.1 Å². The predicted octanol–water partition coefficient (Wildman–Crippen LogP) is 4.90. The smallest absolute Gasteiger partial charge is 0.379 e. The number of anilines is 1. The lowest BCUT2D eigenvalue weighted by Crippen LogP contribution is -2.46. The Bertz CT molecular complexity index is 1600. The SMILES string of the molecule is CN1CC[C@@H](Nc2cccc3c2cc(-c2noc(CNC(=O)c4cnn([C@H]5CCC[C@@H]5F)c4)n2)n3CC(F)(F)F)[C@@H](F)C1. The minimum atomic E-state index is -4.55. The third-order valence-electron chi connectivity index (χ3n) is 8.07. The maximum atomic E-state index is 14.7. The van der Waals surface area contributed by atoms with Gasteiger partial charge in [-0.15, -0.1) is 0 Å². The monoisotopic (exact) mass is 606 g/mol. The highest BCUT2D eigenvalue weighted by Gasteiger charge is 2.33. The first-order valence-electron chi connectivity index (χ1n) is 14.1. The highest BCUT2D eigenvalue weighted by Crippen LogP contribution is 2.35. The summed E-state index contributed by atoms with van der Waals surface area (Å²) in [7, 11) is 1.84. The summed E-state index contributed by atoms with van der Waals surface area (Å²) in [5, 5.41) is 14.3. The molecule has 4 atom stereocenters. The second-order valence-electron chi connectivity index (χ2n) is 11.2. The average molecular weight is 607 g/mol. The Morgan fingerprint density at radius 2 is 2.00 bits per heavy atom. The van der Waals surface area contributed by atoms with Gasteiger partial charge in [0.1, 0.15) is 18.9 Å². The lowest BCUT2D eigenvalue weighted by atomic mass is 10.0. The molecule has 4 aromatic rings. The van der Waals surface area contributed by atoms with E-state index in [0.29, 0.717) is 36.9 Å². The average Bonchev–Trinajstić information content (AvgIpc) is 3.75. The van der Waals surface area contributed by atoms with Gasteiger partial charge in [0.15, 0.2) is 0 Å². The quantitative estimate of drug-likeness (QED) is 0.275. The number of hydrogen-bond acceptors (Lipinski definition) is 7. The van der Waals surface area contributed by atoms with Gasteiger partial charge in [0.05, 0.1) is 41.6 Å². The molecule has 0 unspecified atom stereocenters. The molecule has 4 heterocycles. The highest BCUT2D eigenvalue weighted by molar-refractivity contribution is 5.96. The first-order chi connectivity index (χ1) is 20.6. The molecule has 1 amide bonds. The lowest BCUT2D eigenvalue weighted by Gasteiger charge is -2.33. The summed E-state index contributed by atoms with van der Waals surface area (Å²) in [6, 6.07) is 5.50. The maximum Gasteiger partial charge on any atom is 0.406 e. The number of alkyl halides is 5. The molecule has 1 saturated heterocycles. The summed E-state index contributed by atoms with van der Waals surface area (Å²) < 4.78 is 77.6. The maximum absolute atomic E-state index is 14.7. The zero-order chi connectivity index (χ0) is 30.3. The van der Waals surface area contributed by atoms with Crippen molar-refractivity contribution in [2.24, 2.45) is 0 Å². The minimum Gasteiger partial charge on any atom is -0.379 e. The van der Waals surface area contributed by atoms with E-state index in [1.54, 1.807) is 18.2 Å². The van der Waals surface area contributed by atoms with E-state index in [2.05, 4.69) is 25.9 Å². The second kappa shape index (κ2) is 11.6. The minimum absolute atomic E-state index is 0.0240. The van der Waals surface area contributed by atoms with Crippen molar-refractivity contribution in [3.63, 3.8) is 0 Å². The van der Waals surface area contributed by atoms with Gasteiger partial charge in [-0.05, 0) is 50.9 Å². The summed E-state index contributed by atoms with van der Waals surface area (Å²) in [6.45, 7) is -0.540. The van der Waals surface area contributed by atoms with Gasteiger partial charge in [0.25, 0.3) is 5.91 Å². The van der Waals surface area contributed by atoms with Crippen molar-refractivity contribution in [3.8, 4) is 11.5 Å². The van der Waals surface area contributed by atoms with Crippen molar-refractivity contribution in [2.75, 3.05) is 25.5 Å². The number of benzene rings is 1. The van der Waals surface area contributed by atoms with E-state index in [4.69, 9.17) is 4.52 Å². The van der Waals surface area contributed by atoms with Crippen LogP contribution in [0.2, 0.25) is 0 Å². The van der Waals surface area contributed by atoms with Crippen molar-refractivity contribution < 1.29 is 31.3 Å². The van der Waals surface area contributed by atoms with E-state index >= 15 is 0 Å². The van der Waals surface area contributed by atoms with Gasteiger partial charge in [-0.1, -0.05) is 11.2 Å². The van der Waals surface area contributed by atoms with Gasteiger partial charge in [-0.25, -0.2) is 8.78 Å². The van der Waals surface area contributed by atoms with Crippen LogP contribution in [0, 0.1) is 0 Å². The Hall–Kier alpha value is -4.01. The van der Waals surface area contributed by atoms with Crippen LogP contribution in [0.4, 0.5) is 27.6 Å². The number of carbonyl (C=O) groups excluding carboxylic acids is 1. The van der Waals surface area contributed by atoms with Gasteiger partial charge in [0.2, 0.25) is 11.7 Å². The third kappa shape index (κ3) is 6.21. The number of halogens is 5. The number of nitrogens with zero attached hydrogens (tertiary/aromatic N) is 6. The van der Waals surface area contributed by atoms with Crippen LogP contribution in [-0.4, -0.2) is 80.0 Å². The zero-order valence-corrected chi connectivity index (χ0v) is 23.3. The predicted molar refractivity (Wildman–Crippen MR) is 147 cm³/mol. The normalized spacial score (nSPS) is 23.2. The van der Waals surface area contributed by atoms with Crippen molar-refractivity contribution in [2.45, 2.75) is 69.4 Å². The third-order valence-corrected chi connectivity index (χ3v) is 8.07. The van der Waals surface area contributed by atoms with Crippen LogP contribution in [0.3, 0.4) is 0 Å². The second-order valence-corrected chi connectivity index (χ2v) is 11.2. The Kier molecular flexibility index (Phi) is 7.83. The van der Waals surface area contributed by atoms with Crippen LogP contribution >= 0.6 is 0 Å². The van der Waals surface area contributed by atoms with E-state index in [1.807, 2.05) is 11.9 Å². The van der Waals surface area contributed by atoms with Gasteiger partial charge >= 0.3 is 6.18 Å². The Morgan fingerprint density at radius 1 is 1.16 bits per heavy atom. The largest absolute Gasteiger partial charge is 0.406 e. The van der Waals surface area contributed by atoms with E-state index < -0.39 is 43.1 Å². The molecular weight excluding hydrogens is 575 g/mol. The number of rotatable bonds is 8. The number of amides is 1. The van der Waals surface area contributed by atoms with Gasteiger partial charge in [0, 0.05) is 30.4 Å². The van der Waals surface area contributed by atoms with Crippen molar-refractivity contribution in [1.29, 1.82) is 0 Å².